The van der Waals surface area contributed by atoms with Gasteiger partial charge in [-0.1, -0.05) is 26.3 Å². The van der Waals surface area contributed by atoms with Crippen molar-refractivity contribution >= 4 is 11.6 Å². The summed E-state index contributed by atoms with van der Waals surface area (Å²) in [7, 11) is 0. The van der Waals surface area contributed by atoms with Gasteiger partial charge in [0, 0.05) is 50.0 Å². The van der Waals surface area contributed by atoms with Gasteiger partial charge in [0.05, 0.1) is 24.1 Å². The SMILES string of the molecule is CCCN[C@H]1CC[C@H](C(=O)N2CCN(c3cnn(Cc4cccc(CCC)n4)c3)CC2)CC1. The summed E-state index contributed by atoms with van der Waals surface area (Å²) in [6, 6.07) is 6.85. The molecule has 1 aliphatic carbocycles. The van der Waals surface area contributed by atoms with Gasteiger partial charge in [-0.2, -0.15) is 5.10 Å². The van der Waals surface area contributed by atoms with E-state index in [9.17, 15) is 4.79 Å². The summed E-state index contributed by atoms with van der Waals surface area (Å²) in [6.45, 7) is 9.51. The number of nitrogens with zero attached hydrogens (tertiary/aromatic N) is 5. The molecule has 180 valence electrons. The minimum absolute atomic E-state index is 0.218. The van der Waals surface area contributed by atoms with Crippen LogP contribution in [-0.2, 0) is 17.8 Å². The van der Waals surface area contributed by atoms with E-state index in [-0.39, 0.29) is 5.92 Å². The standard InChI is InChI=1S/C26H40N6O/c1-3-6-23-7-5-8-24(29-23)19-32-20-25(18-28-32)30-14-16-31(17-15-30)26(33)21-9-11-22(12-10-21)27-13-4-2/h5,7-8,18,20-22,27H,3-4,6,9-17,19H2,1-2H3/t21-,22-. The number of aromatic nitrogens is 3. The van der Waals surface area contributed by atoms with Crippen molar-refractivity contribution in [2.75, 3.05) is 37.6 Å². The van der Waals surface area contributed by atoms with E-state index in [1.54, 1.807) is 0 Å². The smallest absolute Gasteiger partial charge is 0.225 e. The second kappa shape index (κ2) is 11.6. The Bertz CT molecular complexity index is 880. The summed E-state index contributed by atoms with van der Waals surface area (Å²) in [6.07, 6.45) is 11.7. The summed E-state index contributed by atoms with van der Waals surface area (Å²) in [5.41, 5.74) is 3.33. The lowest BCUT2D eigenvalue weighted by molar-refractivity contribution is -0.137. The van der Waals surface area contributed by atoms with Crippen LogP contribution in [0.4, 0.5) is 5.69 Å². The zero-order valence-electron chi connectivity index (χ0n) is 20.4. The monoisotopic (exact) mass is 452 g/mol. The molecule has 0 unspecified atom stereocenters. The van der Waals surface area contributed by atoms with Gasteiger partial charge in [0.2, 0.25) is 5.91 Å². The molecule has 0 spiro atoms. The predicted molar refractivity (Wildman–Crippen MR) is 132 cm³/mol. The van der Waals surface area contributed by atoms with Crippen LogP contribution in [0.3, 0.4) is 0 Å². The van der Waals surface area contributed by atoms with Crippen molar-refractivity contribution < 1.29 is 4.79 Å². The highest BCUT2D eigenvalue weighted by Gasteiger charge is 2.31. The number of rotatable bonds is 9. The third-order valence-electron chi connectivity index (χ3n) is 7.03. The molecule has 7 heteroatoms. The second-order valence-corrected chi connectivity index (χ2v) is 9.58. The predicted octanol–water partition coefficient (Wildman–Crippen LogP) is 3.49. The van der Waals surface area contributed by atoms with Gasteiger partial charge in [0.15, 0.2) is 0 Å². The van der Waals surface area contributed by atoms with E-state index >= 15 is 0 Å². The van der Waals surface area contributed by atoms with Crippen LogP contribution in [0.15, 0.2) is 30.6 Å². The molecule has 3 heterocycles. The molecule has 2 aromatic heterocycles. The van der Waals surface area contributed by atoms with Gasteiger partial charge >= 0.3 is 0 Å². The fourth-order valence-electron chi connectivity index (χ4n) is 5.12. The Morgan fingerprint density at radius 1 is 1.03 bits per heavy atom. The molecule has 2 aromatic rings. The van der Waals surface area contributed by atoms with Crippen LogP contribution in [0.25, 0.3) is 0 Å². The fraction of sp³-hybridized carbons (Fsp3) is 0.654. The molecule has 2 fully saturated rings. The molecule has 0 radical (unpaired) electrons. The maximum Gasteiger partial charge on any atom is 0.225 e. The van der Waals surface area contributed by atoms with Crippen LogP contribution in [0.5, 0.6) is 0 Å². The highest BCUT2D eigenvalue weighted by molar-refractivity contribution is 5.79. The van der Waals surface area contributed by atoms with Crippen LogP contribution in [0, 0.1) is 5.92 Å². The number of carbonyl (C=O) groups is 1. The number of piperazine rings is 1. The number of amides is 1. The number of nitrogens with one attached hydrogen (secondary N) is 1. The average molecular weight is 453 g/mol. The molecule has 0 bridgehead atoms. The number of pyridine rings is 1. The molecule has 4 rings (SSSR count). The van der Waals surface area contributed by atoms with Crippen molar-refractivity contribution in [2.45, 2.75) is 71.4 Å². The summed E-state index contributed by atoms with van der Waals surface area (Å²) in [4.78, 5) is 22.3. The Balaban J connectivity index is 1.24. The van der Waals surface area contributed by atoms with Gasteiger partial charge in [-0.3, -0.25) is 14.5 Å². The van der Waals surface area contributed by atoms with Crippen LogP contribution in [0.1, 0.15) is 63.8 Å². The molecular weight excluding hydrogens is 412 g/mol. The molecule has 1 N–H and O–H groups in total. The summed E-state index contributed by atoms with van der Waals surface area (Å²) in [5, 5.41) is 8.18. The zero-order valence-corrected chi connectivity index (χ0v) is 20.4. The minimum Gasteiger partial charge on any atom is -0.365 e. The van der Waals surface area contributed by atoms with Crippen LogP contribution >= 0.6 is 0 Å². The van der Waals surface area contributed by atoms with Gasteiger partial charge in [0.25, 0.3) is 0 Å². The Morgan fingerprint density at radius 2 is 1.79 bits per heavy atom. The molecule has 1 saturated heterocycles. The molecule has 1 amide bonds. The van der Waals surface area contributed by atoms with E-state index < -0.39 is 0 Å². The Kier molecular flexibility index (Phi) is 8.37. The lowest BCUT2D eigenvalue weighted by Gasteiger charge is -2.38. The maximum absolute atomic E-state index is 13.1. The number of carbonyl (C=O) groups excluding carboxylic acids is 1. The first kappa shape index (κ1) is 23.7. The van der Waals surface area contributed by atoms with E-state index in [4.69, 9.17) is 4.98 Å². The normalized spacial score (nSPS) is 21.4. The van der Waals surface area contributed by atoms with Crippen LogP contribution in [-0.4, -0.2) is 64.3 Å². The molecule has 7 nitrogen and oxygen atoms in total. The fourth-order valence-corrected chi connectivity index (χ4v) is 5.12. The molecule has 1 aliphatic heterocycles. The number of aryl methyl sites for hydroxylation is 1. The second-order valence-electron chi connectivity index (χ2n) is 9.58. The highest BCUT2D eigenvalue weighted by atomic mass is 16.2. The molecule has 33 heavy (non-hydrogen) atoms. The van der Waals surface area contributed by atoms with Crippen molar-refractivity contribution in [3.05, 3.63) is 42.0 Å². The quantitative estimate of drug-likeness (QED) is 0.631. The summed E-state index contributed by atoms with van der Waals surface area (Å²) >= 11 is 0. The maximum atomic E-state index is 13.1. The Hall–Kier alpha value is -2.41. The van der Waals surface area contributed by atoms with Gasteiger partial charge < -0.3 is 15.1 Å². The van der Waals surface area contributed by atoms with Gasteiger partial charge in [-0.15, -0.1) is 0 Å². The summed E-state index contributed by atoms with van der Waals surface area (Å²) in [5.74, 6) is 0.590. The molecular formula is C26H40N6O. The summed E-state index contributed by atoms with van der Waals surface area (Å²) < 4.78 is 1.97. The highest BCUT2D eigenvalue weighted by Crippen LogP contribution is 2.27. The average Bonchev–Trinajstić information content (AvgIpc) is 3.31. The van der Waals surface area contributed by atoms with E-state index in [1.807, 2.05) is 10.9 Å². The zero-order chi connectivity index (χ0) is 23.0. The van der Waals surface area contributed by atoms with E-state index in [1.165, 1.54) is 6.42 Å². The first-order valence-electron chi connectivity index (χ1n) is 12.9. The largest absolute Gasteiger partial charge is 0.365 e. The van der Waals surface area contributed by atoms with Crippen molar-refractivity contribution in [2.24, 2.45) is 5.92 Å². The Morgan fingerprint density at radius 3 is 2.52 bits per heavy atom. The van der Waals surface area contributed by atoms with Crippen molar-refractivity contribution in [3.8, 4) is 0 Å². The topological polar surface area (TPSA) is 66.3 Å². The molecule has 2 aliphatic rings. The molecule has 0 aromatic carbocycles. The third kappa shape index (κ3) is 6.34. The third-order valence-corrected chi connectivity index (χ3v) is 7.03. The number of hydrogen-bond donors (Lipinski definition) is 1. The number of hydrogen-bond acceptors (Lipinski definition) is 5. The lowest BCUT2D eigenvalue weighted by atomic mass is 9.85. The molecule has 0 atom stereocenters. The minimum atomic E-state index is 0.218. The molecule has 1 saturated carbocycles. The first-order valence-corrected chi connectivity index (χ1v) is 12.9. The van der Waals surface area contributed by atoms with Gasteiger partial charge in [-0.25, -0.2) is 0 Å². The van der Waals surface area contributed by atoms with Gasteiger partial charge in [-0.05, 0) is 57.2 Å². The van der Waals surface area contributed by atoms with Crippen LogP contribution < -0.4 is 10.2 Å². The number of anilines is 1. The first-order chi connectivity index (χ1) is 16.2. The van der Waals surface area contributed by atoms with E-state index in [0.717, 1.165) is 88.3 Å². The van der Waals surface area contributed by atoms with E-state index in [0.29, 0.717) is 18.5 Å². The van der Waals surface area contributed by atoms with Crippen molar-refractivity contribution in [1.82, 2.24) is 25.0 Å². The van der Waals surface area contributed by atoms with Crippen molar-refractivity contribution in [3.63, 3.8) is 0 Å². The van der Waals surface area contributed by atoms with Crippen LogP contribution in [0.2, 0.25) is 0 Å². The van der Waals surface area contributed by atoms with Gasteiger partial charge in [0.1, 0.15) is 0 Å². The Labute approximate surface area is 198 Å². The van der Waals surface area contributed by atoms with Crippen molar-refractivity contribution in [1.29, 1.82) is 0 Å². The lowest BCUT2D eigenvalue weighted by Crippen LogP contribution is -2.51. The van der Waals surface area contributed by atoms with E-state index in [2.05, 4.69) is 58.5 Å².